The van der Waals surface area contributed by atoms with E-state index in [0.717, 1.165) is 24.3 Å². The first-order valence-electron chi connectivity index (χ1n) is 10.3. The average molecular weight is 570 g/mol. The number of rotatable bonds is 6. The van der Waals surface area contributed by atoms with Crippen molar-refractivity contribution in [2.75, 3.05) is 36.5 Å². The van der Waals surface area contributed by atoms with Gasteiger partial charge in [0.15, 0.2) is 6.10 Å². The molecule has 1 atom stereocenters. The first-order chi connectivity index (χ1) is 16.7. The van der Waals surface area contributed by atoms with Crippen LogP contribution in [0, 0.1) is 0 Å². The lowest BCUT2D eigenvalue weighted by molar-refractivity contribution is -0.137. The third-order valence-electron chi connectivity index (χ3n) is 5.13. The molecule has 196 valence electrons. The predicted molar refractivity (Wildman–Crippen MR) is 126 cm³/mol. The Balaban J connectivity index is 1.84. The van der Waals surface area contributed by atoms with Crippen LogP contribution >= 0.6 is 23.2 Å². The Morgan fingerprint density at radius 2 is 1.78 bits per heavy atom. The van der Waals surface area contributed by atoms with Crippen LogP contribution in [0.5, 0.6) is 0 Å². The summed E-state index contributed by atoms with van der Waals surface area (Å²) in [6.07, 6.45) is -6.16. The van der Waals surface area contributed by atoms with Crippen LogP contribution in [-0.4, -0.2) is 52.7 Å². The minimum Gasteiger partial charge on any atom is -0.449 e. The highest BCUT2D eigenvalue weighted by Gasteiger charge is 2.32. The molecule has 0 unspecified atom stereocenters. The number of nitrogens with two attached hydrogens (primary N) is 1. The molecule has 3 N–H and O–H groups in total. The molecule has 0 spiro atoms. The normalized spacial score (nSPS) is 15.4. The Kier molecular flexibility index (Phi) is 8.41. The van der Waals surface area contributed by atoms with E-state index in [-0.39, 0.29) is 15.7 Å². The Morgan fingerprint density at radius 1 is 1.14 bits per heavy atom. The van der Waals surface area contributed by atoms with E-state index in [0.29, 0.717) is 32.0 Å². The maximum atomic E-state index is 13.3. The number of alkyl halides is 3. The maximum Gasteiger partial charge on any atom is 0.416 e. The fourth-order valence-corrected chi connectivity index (χ4v) is 4.70. The lowest BCUT2D eigenvalue weighted by atomic mass is 10.1. The molecule has 0 bridgehead atoms. The molecule has 9 nitrogen and oxygen atoms in total. The Bertz CT molecular complexity index is 1280. The molecular weight excluding hydrogens is 550 g/mol. The topological polar surface area (TPSA) is 128 Å². The Hall–Kier alpha value is -2.58. The summed E-state index contributed by atoms with van der Waals surface area (Å²) in [5.41, 5.74) is -1.22. The van der Waals surface area contributed by atoms with Crippen molar-refractivity contribution in [3.8, 4) is 0 Å². The van der Waals surface area contributed by atoms with Gasteiger partial charge in [0, 0.05) is 13.1 Å². The first kappa shape index (κ1) is 28.0. The molecule has 1 saturated heterocycles. The zero-order chi connectivity index (χ0) is 26.8. The van der Waals surface area contributed by atoms with Crippen LogP contribution in [0.15, 0.2) is 35.2 Å². The van der Waals surface area contributed by atoms with Crippen LogP contribution < -0.4 is 15.4 Å². The first-order valence-corrected chi connectivity index (χ1v) is 12.6. The van der Waals surface area contributed by atoms with E-state index in [1.54, 1.807) is 4.90 Å². The predicted octanol–water partition coefficient (Wildman–Crippen LogP) is 3.68. The zero-order valence-corrected chi connectivity index (χ0v) is 20.9. The number of esters is 1. The number of nitrogens with one attached hydrogen (secondary N) is 1. The van der Waals surface area contributed by atoms with Crippen LogP contribution in [0.25, 0.3) is 0 Å². The molecule has 0 radical (unpaired) electrons. The second kappa shape index (κ2) is 10.8. The van der Waals surface area contributed by atoms with Crippen molar-refractivity contribution in [2.45, 2.75) is 24.1 Å². The Morgan fingerprint density at radius 3 is 2.36 bits per heavy atom. The number of primary sulfonamides is 1. The number of amides is 1. The minimum atomic E-state index is -4.66. The van der Waals surface area contributed by atoms with Crippen molar-refractivity contribution in [3.63, 3.8) is 0 Å². The summed E-state index contributed by atoms with van der Waals surface area (Å²) in [7, 11) is -4.31. The van der Waals surface area contributed by atoms with E-state index in [1.165, 1.54) is 13.0 Å². The van der Waals surface area contributed by atoms with Crippen molar-refractivity contribution in [1.29, 1.82) is 0 Å². The van der Waals surface area contributed by atoms with Crippen LogP contribution in [0.1, 0.15) is 22.8 Å². The van der Waals surface area contributed by atoms with E-state index in [2.05, 4.69) is 5.32 Å². The number of hydrogen-bond acceptors (Lipinski definition) is 7. The van der Waals surface area contributed by atoms with E-state index in [4.69, 9.17) is 37.8 Å². The second-order valence-electron chi connectivity index (χ2n) is 7.67. The molecule has 0 saturated carbocycles. The van der Waals surface area contributed by atoms with Gasteiger partial charge in [0.05, 0.1) is 45.8 Å². The van der Waals surface area contributed by atoms with E-state index in [9.17, 15) is 31.2 Å². The molecule has 1 aliphatic heterocycles. The second-order valence-corrected chi connectivity index (χ2v) is 10.0. The minimum absolute atomic E-state index is 0.138. The highest BCUT2D eigenvalue weighted by atomic mass is 35.5. The highest BCUT2D eigenvalue weighted by Crippen LogP contribution is 2.36. The zero-order valence-electron chi connectivity index (χ0n) is 18.6. The number of nitrogens with zero attached hydrogens (tertiary/aromatic N) is 1. The molecule has 0 aliphatic carbocycles. The number of halogens is 5. The smallest absolute Gasteiger partial charge is 0.416 e. The molecule has 0 aromatic heterocycles. The van der Waals surface area contributed by atoms with Crippen LogP contribution in [-0.2, 0) is 30.5 Å². The Labute approximate surface area is 214 Å². The summed E-state index contributed by atoms with van der Waals surface area (Å²) in [4.78, 5) is 26.5. The fraction of sp³-hybridized carbons (Fsp3) is 0.333. The van der Waals surface area contributed by atoms with Gasteiger partial charge >= 0.3 is 12.1 Å². The monoisotopic (exact) mass is 569 g/mol. The number of benzene rings is 2. The number of carbonyl (C=O) groups excluding carboxylic acids is 2. The van der Waals surface area contributed by atoms with Gasteiger partial charge in [0.25, 0.3) is 5.91 Å². The molecular formula is C21H20Cl2F3N3O6S. The number of sulfonamides is 1. The molecule has 15 heteroatoms. The van der Waals surface area contributed by atoms with Crippen LogP contribution in [0.2, 0.25) is 10.0 Å². The standard InChI is InChI=1S/C21H20Cl2F3N3O6S/c1-11(35-20(31)13-9-18(36(27,32)33)15(23)10-14(13)22)19(30)28-16-8-12(21(24,25)26)2-3-17(16)29-4-6-34-7-5-29/h2-3,8-11H,4-7H2,1H3,(H,28,30)(H2,27,32,33)/t11-/m1/s1. The fourth-order valence-electron chi connectivity index (χ4n) is 3.31. The SMILES string of the molecule is C[C@@H](OC(=O)c1cc(S(N)(=O)=O)c(Cl)cc1Cl)C(=O)Nc1cc(C(F)(F)F)ccc1N1CCOCC1. The summed E-state index contributed by atoms with van der Waals surface area (Å²) in [5.74, 6) is -2.12. The van der Waals surface area contributed by atoms with Gasteiger partial charge in [-0.25, -0.2) is 18.4 Å². The summed E-state index contributed by atoms with van der Waals surface area (Å²) in [6.45, 7) is 2.66. The van der Waals surface area contributed by atoms with Crippen molar-refractivity contribution in [2.24, 2.45) is 5.14 Å². The van der Waals surface area contributed by atoms with Crippen molar-refractivity contribution in [1.82, 2.24) is 0 Å². The third-order valence-corrected chi connectivity index (χ3v) is 6.82. The van der Waals surface area contributed by atoms with Crippen molar-refractivity contribution < 1.29 is 40.7 Å². The number of morpholine rings is 1. The van der Waals surface area contributed by atoms with Gasteiger partial charge in [-0.05, 0) is 37.3 Å². The lowest BCUT2D eigenvalue weighted by Gasteiger charge is -2.31. The van der Waals surface area contributed by atoms with E-state index in [1.807, 2.05) is 0 Å². The molecule has 36 heavy (non-hydrogen) atoms. The van der Waals surface area contributed by atoms with E-state index < -0.39 is 50.2 Å². The van der Waals surface area contributed by atoms with Gasteiger partial charge in [-0.15, -0.1) is 0 Å². The average Bonchev–Trinajstić information content (AvgIpc) is 2.78. The van der Waals surface area contributed by atoms with Gasteiger partial charge in [0.2, 0.25) is 10.0 Å². The van der Waals surface area contributed by atoms with Gasteiger partial charge in [-0.1, -0.05) is 23.2 Å². The summed E-state index contributed by atoms with van der Waals surface area (Å²) >= 11 is 11.8. The molecule has 1 fully saturated rings. The molecule has 1 aliphatic rings. The number of ether oxygens (including phenoxy) is 2. The van der Waals surface area contributed by atoms with E-state index >= 15 is 0 Å². The highest BCUT2D eigenvalue weighted by molar-refractivity contribution is 7.89. The molecule has 2 aromatic rings. The molecule has 1 heterocycles. The molecule has 1 amide bonds. The summed E-state index contributed by atoms with van der Waals surface area (Å²) in [6, 6.07) is 4.70. The molecule has 2 aromatic carbocycles. The van der Waals surface area contributed by atoms with Crippen molar-refractivity contribution in [3.05, 3.63) is 51.5 Å². The lowest BCUT2D eigenvalue weighted by Crippen LogP contribution is -2.37. The molecule has 3 rings (SSSR count). The van der Waals surface area contributed by atoms with Gasteiger partial charge in [0.1, 0.15) is 4.90 Å². The number of hydrogen-bond donors (Lipinski definition) is 2. The van der Waals surface area contributed by atoms with Crippen molar-refractivity contribution >= 4 is 56.5 Å². The summed E-state index contributed by atoms with van der Waals surface area (Å²) in [5, 5.41) is 6.84. The quantitative estimate of drug-likeness (QED) is 0.508. The maximum absolute atomic E-state index is 13.3. The van der Waals surface area contributed by atoms with Gasteiger partial charge < -0.3 is 19.7 Å². The summed E-state index contributed by atoms with van der Waals surface area (Å²) < 4.78 is 73.6. The van der Waals surface area contributed by atoms with Crippen LogP contribution in [0.4, 0.5) is 24.5 Å². The van der Waals surface area contributed by atoms with Gasteiger partial charge in [-0.3, -0.25) is 4.79 Å². The van der Waals surface area contributed by atoms with Crippen LogP contribution in [0.3, 0.4) is 0 Å². The number of carbonyl (C=O) groups is 2. The third kappa shape index (κ3) is 6.59. The number of anilines is 2. The van der Waals surface area contributed by atoms with Gasteiger partial charge in [-0.2, -0.15) is 13.2 Å². The largest absolute Gasteiger partial charge is 0.449 e.